The number of amides is 1. The molecule has 118 valence electrons. The van der Waals surface area contributed by atoms with E-state index in [9.17, 15) is 13.6 Å². The molecule has 2 aromatic rings. The van der Waals surface area contributed by atoms with Gasteiger partial charge >= 0.3 is 88.1 Å². The number of nitrogens with one attached hydrogen (secondary N) is 1. The standard InChI is InChI=1S/C8H10AsNO5.C5H6N2/c1-5(11)10-8-6(9(13,14)15)3-2-4-7(8)12;6-5-2-1-3-7-4-5/h2-4,12H,1H3,(H,10,11)(H2,13,14,15);1-4H,6H2. The quantitative estimate of drug-likeness (QED) is 0.357. The molecule has 0 aliphatic carbocycles. The fourth-order valence-electron chi connectivity index (χ4n) is 1.45. The second kappa shape index (κ2) is 7.65. The molecule has 0 bridgehead atoms. The third kappa shape index (κ3) is 5.61. The summed E-state index contributed by atoms with van der Waals surface area (Å²) in [5, 5.41) is 11.5. The topological polar surface area (TPSA) is 146 Å². The van der Waals surface area contributed by atoms with Crippen LogP contribution in [-0.2, 0) is 8.53 Å². The van der Waals surface area contributed by atoms with Gasteiger partial charge in [-0.05, 0) is 12.1 Å². The Bertz CT molecular complexity index is 687. The smallest absolute Gasteiger partial charge is 0.0500 e. The number of hydrogen-bond acceptors (Lipinski definition) is 5. The summed E-state index contributed by atoms with van der Waals surface area (Å²) in [4.78, 5) is 14.5. The van der Waals surface area contributed by atoms with Crippen molar-refractivity contribution < 1.29 is 21.8 Å². The molecule has 22 heavy (non-hydrogen) atoms. The van der Waals surface area contributed by atoms with Crippen LogP contribution in [0.2, 0.25) is 0 Å². The minimum Gasteiger partial charge on any atom is -0.397 e. The van der Waals surface area contributed by atoms with Crippen molar-refractivity contribution in [2.24, 2.45) is 0 Å². The molecule has 0 saturated carbocycles. The number of para-hydroxylation sites is 1. The first-order valence-electron chi connectivity index (χ1n) is 6.03. The normalized spacial score (nSPS) is 10.3. The largest absolute Gasteiger partial charge is 0.397 e. The number of nitrogens with two attached hydrogens (primary N) is 1. The Kier molecular flexibility index (Phi) is 6.18. The average molecular weight is 369 g/mol. The molecule has 1 aromatic heterocycles. The predicted octanol–water partition coefficient (Wildman–Crippen LogP) is -0.425. The molecular weight excluding hydrogens is 353 g/mol. The van der Waals surface area contributed by atoms with Gasteiger partial charge in [-0.3, -0.25) is 4.98 Å². The van der Waals surface area contributed by atoms with Crippen LogP contribution in [0.4, 0.5) is 11.4 Å². The van der Waals surface area contributed by atoms with Crippen molar-refractivity contribution in [2.75, 3.05) is 11.1 Å². The van der Waals surface area contributed by atoms with Gasteiger partial charge in [-0.1, -0.05) is 0 Å². The molecule has 6 N–H and O–H groups in total. The SMILES string of the molecule is CC(=O)Nc1c(O)cccc1[As](=O)(O)O.Nc1cccnc1. The van der Waals surface area contributed by atoms with E-state index in [2.05, 4.69) is 10.3 Å². The Balaban J connectivity index is 0.000000287. The zero-order chi connectivity index (χ0) is 16.8. The van der Waals surface area contributed by atoms with Gasteiger partial charge in [0.05, 0.1) is 5.69 Å². The number of carbonyl (C=O) groups is 1. The van der Waals surface area contributed by atoms with E-state index < -0.39 is 20.1 Å². The number of benzene rings is 1. The van der Waals surface area contributed by atoms with Crippen LogP contribution in [-0.4, -0.2) is 38.4 Å². The first kappa shape index (κ1) is 17.8. The third-order valence-corrected chi connectivity index (χ3v) is 4.42. The van der Waals surface area contributed by atoms with Crippen LogP contribution in [0.1, 0.15) is 6.92 Å². The Morgan fingerprint density at radius 1 is 1.27 bits per heavy atom. The molecule has 1 heterocycles. The molecule has 0 fully saturated rings. The van der Waals surface area contributed by atoms with E-state index in [1.54, 1.807) is 24.5 Å². The molecule has 0 aliphatic heterocycles. The van der Waals surface area contributed by atoms with Crippen molar-refractivity contribution in [2.45, 2.75) is 6.92 Å². The zero-order valence-corrected chi connectivity index (χ0v) is 13.5. The second-order valence-electron chi connectivity index (χ2n) is 4.18. The van der Waals surface area contributed by atoms with E-state index in [0.29, 0.717) is 5.69 Å². The van der Waals surface area contributed by atoms with E-state index >= 15 is 0 Å². The van der Waals surface area contributed by atoms with Gasteiger partial charge in [-0.25, -0.2) is 0 Å². The molecule has 2 rings (SSSR count). The summed E-state index contributed by atoms with van der Waals surface area (Å²) < 4.78 is 28.8. The number of hydrogen-bond donors (Lipinski definition) is 5. The Labute approximate surface area is 129 Å². The van der Waals surface area contributed by atoms with E-state index in [4.69, 9.17) is 13.9 Å². The first-order chi connectivity index (χ1) is 10.2. The Hall–Kier alpha value is -2.28. The molecule has 8 nitrogen and oxygen atoms in total. The van der Waals surface area contributed by atoms with Gasteiger partial charge in [0.15, 0.2) is 0 Å². The summed E-state index contributed by atoms with van der Waals surface area (Å²) >= 11 is -5.14. The number of nitrogen functional groups attached to an aromatic ring is 1. The van der Waals surface area contributed by atoms with Crippen LogP contribution < -0.4 is 15.4 Å². The van der Waals surface area contributed by atoms with E-state index in [1.165, 1.54) is 25.1 Å². The third-order valence-electron chi connectivity index (χ3n) is 2.32. The summed E-state index contributed by atoms with van der Waals surface area (Å²) in [5.74, 6) is -0.880. The fourth-order valence-corrected chi connectivity index (χ4v) is 3.01. The van der Waals surface area contributed by atoms with Gasteiger partial charge in [-0.2, -0.15) is 0 Å². The number of rotatable bonds is 2. The van der Waals surface area contributed by atoms with E-state index in [-0.39, 0.29) is 15.8 Å². The van der Waals surface area contributed by atoms with Crippen LogP contribution in [0, 0.1) is 0 Å². The zero-order valence-electron chi connectivity index (χ0n) is 11.7. The number of pyridine rings is 1. The minimum absolute atomic E-state index is 0.225. The molecule has 9 heteroatoms. The molecular formula is C13H16AsN3O5. The summed E-state index contributed by atoms with van der Waals surface area (Å²) in [7, 11) is 0. The van der Waals surface area contributed by atoms with Gasteiger partial charge in [0, 0.05) is 12.4 Å². The van der Waals surface area contributed by atoms with Crippen LogP contribution in [0.5, 0.6) is 5.75 Å². The molecule has 0 radical (unpaired) electrons. The number of phenols is 1. The Morgan fingerprint density at radius 3 is 2.36 bits per heavy atom. The predicted molar refractivity (Wildman–Crippen MR) is 81.6 cm³/mol. The number of phenolic OH excluding ortho intramolecular Hbond substituents is 1. The van der Waals surface area contributed by atoms with Crippen LogP contribution in [0.3, 0.4) is 0 Å². The summed E-state index contributed by atoms with van der Waals surface area (Å²) in [6, 6.07) is 7.31. The van der Waals surface area contributed by atoms with Crippen molar-refractivity contribution >= 4 is 35.8 Å². The summed E-state index contributed by atoms with van der Waals surface area (Å²) in [6.45, 7) is 1.18. The maximum Gasteiger partial charge on any atom is 0.0500 e. The maximum absolute atomic E-state index is 11.1. The molecule has 0 aliphatic rings. The van der Waals surface area contributed by atoms with Gasteiger partial charge in [0.2, 0.25) is 0 Å². The van der Waals surface area contributed by atoms with Crippen molar-refractivity contribution in [3.8, 4) is 5.75 Å². The molecule has 0 atom stereocenters. The van der Waals surface area contributed by atoms with Gasteiger partial charge in [-0.15, -0.1) is 0 Å². The van der Waals surface area contributed by atoms with Gasteiger partial charge < -0.3 is 5.73 Å². The number of aromatic hydroxyl groups is 1. The molecule has 0 unspecified atom stereocenters. The number of nitrogens with zero attached hydrogens (tertiary/aromatic N) is 1. The van der Waals surface area contributed by atoms with Crippen molar-refractivity contribution in [1.29, 1.82) is 0 Å². The summed E-state index contributed by atoms with van der Waals surface area (Å²) in [6.07, 6.45) is 3.30. The maximum atomic E-state index is 11.1. The molecule has 1 aromatic carbocycles. The van der Waals surface area contributed by atoms with Crippen molar-refractivity contribution in [1.82, 2.24) is 4.98 Å². The molecule has 0 spiro atoms. The first-order valence-corrected chi connectivity index (χ1v) is 9.41. The van der Waals surface area contributed by atoms with E-state index in [0.717, 1.165) is 0 Å². The Morgan fingerprint density at radius 2 is 1.95 bits per heavy atom. The van der Waals surface area contributed by atoms with E-state index in [1.807, 2.05) is 0 Å². The number of carbonyl (C=O) groups excluding carboxylic acids is 1. The monoisotopic (exact) mass is 369 g/mol. The van der Waals surface area contributed by atoms with Gasteiger partial charge in [0.1, 0.15) is 0 Å². The van der Waals surface area contributed by atoms with Crippen molar-refractivity contribution in [3.05, 3.63) is 42.7 Å². The van der Waals surface area contributed by atoms with Gasteiger partial charge in [0.25, 0.3) is 0 Å². The van der Waals surface area contributed by atoms with Crippen LogP contribution in [0.25, 0.3) is 0 Å². The molecule has 0 saturated heterocycles. The van der Waals surface area contributed by atoms with Crippen LogP contribution in [0.15, 0.2) is 42.7 Å². The minimum atomic E-state index is -5.14. The van der Waals surface area contributed by atoms with Crippen LogP contribution >= 0.6 is 0 Å². The molecule has 1 amide bonds. The summed E-state index contributed by atoms with van der Waals surface area (Å²) in [5.41, 5.74) is 5.78. The average Bonchev–Trinajstić information content (AvgIpc) is 2.41. The number of anilines is 2. The van der Waals surface area contributed by atoms with Crippen molar-refractivity contribution in [3.63, 3.8) is 0 Å². The fraction of sp³-hybridized carbons (Fsp3) is 0.0769. The second-order valence-corrected chi connectivity index (χ2v) is 7.48. The number of aromatic nitrogens is 1.